The lowest BCUT2D eigenvalue weighted by atomic mass is 9.83. The van der Waals surface area contributed by atoms with Gasteiger partial charge in [-0.3, -0.25) is 0 Å². The number of hydrogen-bond acceptors (Lipinski definition) is 6. The molecule has 2 aromatic heterocycles. The molecule has 0 atom stereocenters. The van der Waals surface area contributed by atoms with Crippen LogP contribution in [0.25, 0.3) is 21.5 Å². The first kappa shape index (κ1) is 22.2. The molecule has 34 heavy (non-hydrogen) atoms. The van der Waals surface area contributed by atoms with Crippen molar-refractivity contribution >= 4 is 33.2 Å². The third kappa shape index (κ3) is 4.07. The van der Waals surface area contributed by atoms with Gasteiger partial charge in [0.25, 0.3) is 0 Å². The molecule has 0 amide bonds. The van der Waals surface area contributed by atoms with E-state index >= 15 is 0 Å². The lowest BCUT2D eigenvalue weighted by Crippen LogP contribution is -2.34. The number of aromatic nitrogens is 2. The smallest absolute Gasteiger partial charge is 0.145 e. The zero-order chi connectivity index (χ0) is 23.3. The summed E-state index contributed by atoms with van der Waals surface area (Å²) in [6.45, 7) is 2.49. The van der Waals surface area contributed by atoms with Gasteiger partial charge in [0.1, 0.15) is 22.1 Å². The Morgan fingerprint density at radius 3 is 2.65 bits per heavy atom. The van der Waals surface area contributed by atoms with E-state index in [0.717, 1.165) is 69.1 Å². The molecule has 0 unspecified atom stereocenters. The zero-order valence-corrected chi connectivity index (χ0v) is 20.7. The average Bonchev–Trinajstić information content (AvgIpc) is 3.44. The molecule has 4 aromatic rings. The largest absolute Gasteiger partial charge is 0.383 e. The maximum Gasteiger partial charge on any atom is 0.145 e. The highest BCUT2D eigenvalue weighted by molar-refractivity contribution is 7.18. The number of ether oxygens (including phenoxy) is 1. The molecule has 176 valence electrons. The normalized spacial score (nSPS) is 23.0. The third-order valence-electron chi connectivity index (χ3n) is 7.14. The Balaban J connectivity index is 1.18. The van der Waals surface area contributed by atoms with Gasteiger partial charge in [-0.1, -0.05) is 41.0 Å². The summed E-state index contributed by atoms with van der Waals surface area (Å²) in [6, 6.07) is 13.9. The molecular weight excluding hydrogens is 468 g/mol. The molecule has 7 heteroatoms. The molecule has 6 rings (SSSR count). The minimum atomic E-state index is -0.875. The van der Waals surface area contributed by atoms with Gasteiger partial charge in [-0.25, -0.2) is 4.98 Å². The number of thiazole rings is 1. The summed E-state index contributed by atoms with van der Waals surface area (Å²) in [5, 5.41) is 17.3. The van der Waals surface area contributed by atoms with Gasteiger partial charge < -0.3 is 14.4 Å². The second kappa shape index (κ2) is 8.76. The zero-order valence-electron chi connectivity index (χ0n) is 19.1. The van der Waals surface area contributed by atoms with Crippen LogP contribution in [0.15, 0.2) is 47.0 Å². The van der Waals surface area contributed by atoms with Crippen molar-refractivity contribution in [3.63, 3.8) is 0 Å². The van der Waals surface area contributed by atoms with Gasteiger partial charge in [-0.2, -0.15) is 0 Å². The van der Waals surface area contributed by atoms with Crippen LogP contribution >= 0.6 is 22.9 Å². The molecule has 0 bridgehead atoms. The quantitative estimate of drug-likeness (QED) is 0.308. The van der Waals surface area contributed by atoms with Gasteiger partial charge in [-0.15, -0.1) is 11.3 Å². The molecule has 2 aliphatic carbocycles. The van der Waals surface area contributed by atoms with Crippen LogP contribution in [0.3, 0.4) is 0 Å². The van der Waals surface area contributed by atoms with Crippen LogP contribution < -0.4 is 0 Å². The van der Waals surface area contributed by atoms with Crippen molar-refractivity contribution < 1.29 is 14.4 Å². The summed E-state index contributed by atoms with van der Waals surface area (Å²) in [6.07, 6.45) is 5.20. The Bertz CT molecular complexity index is 1280. The van der Waals surface area contributed by atoms with Gasteiger partial charge in [0.15, 0.2) is 0 Å². The summed E-state index contributed by atoms with van der Waals surface area (Å²) < 4.78 is 13.3. The number of benzene rings is 2. The molecular formula is C27H27ClN2O3S. The number of aryl methyl sites for hydroxylation is 1. The number of halogens is 1. The van der Waals surface area contributed by atoms with Crippen LogP contribution in [-0.4, -0.2) is 21.4 Å². The highest BCUT2D eigenvalue weighted by atomic mass is 35.5. The standard InChI is InChI=1S/C27H27ClN2O3S/c1-16-5-4-6-20(28)23(16)24-19(25(33-30-24)17-9-10-17)15-32-18-11-13-27(31,14-12-18)26-29-21-7-2-3-8-22(21)34-26/h2-8,17-18,31H,9-15H2,1H3. The topological polar surface area (TPSA) is 68.4 Å². The molecule has 0 saturated heterocycles. The van der Waals surface area contributed by atoms with Crippen LogP contribution in [0.2, 0.25) is 5.02 Å². The van der Waals surface area contributed by atoms with Gasteiger partial charge in [0.05, 0.1) is 28.0 Å². The van der Waals surface area contributed by atoms with E-state index in [1.54, 1.807) is 11.3 Å². The van der Waals surface area contributed by atoms with Crippen molar-refractivity contribution in [2.24, 2.45) is 0 Å². The fraction of sp³-hybridized carbons (Fsp3) is 0.407. The van der Waals surface area contributed by atoms with Gasteiger partial charge in [0, 0.05) is 17.0 Å². The minimum absolute atomic E-state index is 0.0804. The lowest BCUT2D eigenvalue weighted by Gasteiger charge is -2.34. The number of nitrogens with zero attached hydrogens (tertiary/aromatic N) is 2. The Morgan fingerprint density at radius 1 is 1.12 bits per heavy atom. The van der Waals surface area contributed by atoms with E-state index in [2.05, 4.69) is 11.2 Å². The van der Waals surface area contributed by atoms with Crippen LogP contribution in [0.4, 0.5) is 0 Å². The minimum Gasteiger partial charge on any atom is -0.383 e. The van der Waals surface area contributed by atoms with Crippen molar-refractivity contribution in [1.29, 1.82) is 0 Å². The SMILES string of the molecule is Cc1cccc(Cl)c1-c1noc(C2CC2)c1COC1CCC(O)(c2nc3ccccc3s2)CC1. The Hall–Kier alpha value is -2.25. The molecule has 2 aliphatic rings. The van der Waals surface area contributed by atoms with Crippen molar-refractivity contribution in [3.8, 4) is 11.3 Å². The van der Waals surface area contributed by atoms with E-state index < -0.39 is 5.60 Å². The van der Waals surface area contributed by atoms with Crippen LogP contribution in [0.1, 0.15) is 66.3 Å². The van der Waals surface area contributed by atoms with Crippen molar-refractivity contribution in [3.05, 3.63) is 69.4 Å². The monoisotopic (exact) mass is 494 g/mol. The van der Waals surface area contributed by atoms with Crippen LogP contribution in [0.5, 0.6) is 0 Å². The molecule has 2 aromatic carbocycles. The van der Waals surface area contributed by atoms with Crippen molar-refractivity contribution in [2.45, 2.75) is 69.7 Å². The maximum absolute atomic E-state index is 11.3. The number of hydrogen-bond donors (Lipinski definition) is 1. The van der Waals surface area contributed by atoms with E-state index in [1.807, 2.05) is 43.3 Å². The highest BCUT2D eigenvalue weighted by Crippen LogP contribution is 2.46. The summed E-state index contributed by atoms with van der Waals surface area (Å²) in [5.74, 6) is 1.37. The first-order valence-electron chi connectivity index (χ1n) is 12.0. The molecule has 0 spiro atoms. The van der Waals surface area contributed by atoms with Gasteiger partial charge >= 0.3 is 0 Å². The molecule has 0 radical (unpaired) electrons. The first-order valence-corrected chi connectivity index (χ1v) is 13.2. The van der Waals surface area contributed by atoms with Gasteiger partial charge in [-0.05, 0) is 69.2 Å². The molecule has 1 N–H and O–H groups in total. The number of aliphatic hydroxyl groups is 1. The van der Waals surface area contributed by atoms with E-state index in [4.69, 9.17) is 25.8 Å². The second-order valence-corrected chi connectivity index (χ2v) is 11.0. The molecule has 2 heterocycles. The Morgan fingerprint density at radius 2 is 1.91 bits per heavy atom. The Labute approximate surface area is 207 Å². The molecule has 2 fully saturated rings. The summed E-state index contributed by atoms with van der Waals surface area (Å²) in [5.41, 5.74) is 3.89. The van der Waals surface area contributed by atoms with E-state index in [1.165, 1.54) is 0 Å². The maximum atomic E-state index is 11.3. The first-order chi connectivity index (χ1) is 16.5. The van der Waals surface area contributed by atoms with Crippen LogP contribution in [-0.2, 0) is 16.9 Å². The number of para-hydroxylation sites is 1. The van der Waals surface area contributed by atoms with Crippen molar-refractivity contribution in [1.82, 2.24) is 10.1 Å². The summed E-state index contributed by atoms with van der Waals surface area (Å²) >= 11 is 8.15. The molecule has 2 saturated carbocycles. The average molecular weight is 495 g/mol. The second-order valence-electron chi connectivity index (χ2n) is 9.61. The van der Waals surface area contributed by atoms with E-state index in [0.29, 0.717) is 30.4 Å². The third-order valence-corrected chi connectivity index (χ3v) is 8.69. The number of fused-ring (bicyclic) bond motifs is 1. The van der Waals surface area contributed by atoms with E-state index in [-0.39, 0.29) is 6.10 Å². The predicted molar refractivity (Wildman–Crippen MR) is 134 cm³/mol. The fourth-order valence-corrected chi connectivity index (χ4v) is 6.40. The van der Waals surface area contributed by atoms with Gasteiger partial charge in [0.2, 0.25) is 0 Å². The Kier molecular flexibility index (Phi) is 5.72. The highest BCUT2D eigenvalue weighted by Gasteiger charge is 2.39. The summed E-state index contributed by atoms with van der Waals surface area (Å²) in [4.78, 5) is 4.71. The lowest BCUT2D eigenvalue weighted by molar-refractivity contribution is -0.0640. The number of rotatable bonds is 6. The van der Waals surface area contributed by atoms with Crippen LogP contribution in [0, 0.1) is 6.92 Å². The van der Waals surface area contributed by atoms with Crippen molar-refractivity contribution in [2.75, 3.05) is 0 Å². The molecule has 0 aliphatic heterocycles. The van der Waals surface area contributed by atoms with E-state index in [9.17, 15) is 5.11 Å². The molecule has 5 nitrogen and oxygen atoms in total. The summed E-state index contributed by atoms with van der Waals surface area (Å²) in [7, 11) is 0. The fourth-order valence-electron chi connectivity index (χ4n) is 4.98. The predicted octanol–water partition coefficient (Wildman–Crippen LogP) is 7.14.